The average molecular weight is 265 g/mol. The van der Waals surface area contributed by atoms with Crippen molar-refractivity contribution in [2.45, 2.75) is 26.3 Å². The number of pyridine rings is 1. The van der Waals surface area contributed by atoms with Crippen LogP contribution in [0.25, 0.3) is 0 Å². The minimum absolute atomic E-state index is 0.396. The molecule has 0 aliphatic carbocycles. The lowest BCUT2D eigenvalue weighted by atomic mass is 9.98. The van der Waals surface area contributed by atoms with E-state index in [-0.39, 0.29) is 0 Å². The van der Waals surface area contributed by atoms with Gasteiger partial charge in [0.2, 0.25) is 0 Å². The molecule has 0 spiro atoms. The molecule has 0 saturated carbocycles. The Balaban J connectivity index is 2.15. The summed E-state index contributed by atoms with van der Waals surface area (Å²) in [6, 6.07) is 4.21. The van der Waals surface area contributed by atoms with Crippen LogP contribution in [0, 0.1) is 12.8 Å². The first-order valence-electron chi connectivity index (χ1n) is 6.19. The Kier molecular flexibility index (Phi) is 4.14. The number of ether oxygens (including phenoxy) is 1. The minimum atomic E-state index is 0.396. The van der Waals surface area contributed by atoms with Gasteiger partial charge in [-0.25, -0.2) is 4.98 Å². The number of thiocarbonyl (C=S) groups is 1. The summed E-state index contributed by atoms with van der Waals surface area (Å²) in [7, 11) is 0. The van der Waals surface area contributed by atoms with Gasteiger partial charge >= 0.3 is 0 Å². The van der Waals surface area contributed by atoms with E-state index in [4.69, 9.17) is 22.7 Å². The van der Waals surface area contributed by atoms with Crippen LogP contribution >= 0.6 is 12.2 Å². The van der Waals surface area contributed by atoms with Crippen LogP contribution in [0.15, 0.2) is 12.1 Å². The molecule has 3 N–H and O–H groups in total. The molecule has 0 aromatic carbocycles. The molecule has 4 nitrogen and oxygen atoms in total. The summed E-state index contributed by atoms with van der Waals surface area (Å²) < 4.78 is 5.43. The smallest absolute Gasteiger partial charge is 0.127 e. The predicted molar refractivity (Wildman–Crippen MR) is 76.9 cm³/mol. The molecule has 1 aromatic rings. The number of rotatable bonds is 3. The van der Waals surface area contributed by atoms with E-state index in [9.17, 15) is 0 Å². The van der Waals surface area contributed by atoms with E-state index in [1.807, 2.05) is 19.1 Å². The first kappa shape index (κ1) is 13.2. The van der Waals surface area contributed by atoms with Crippen molar-refractivity contribution >= 4 is 23.0 Å². The molecule has 1 aromatic heterocycles. The fourth-order valence-electron chi connectivity index (χ4n) is 2.17. The van der Waals surface area contributed by atoms with Crippen LogP contribution in [0.4, 0.5) is 5.82 Å². The summed E-state index contributed by atoms with van der Waals surface area (Å²) in [6.07, 6.45) is 0.999. The third-order valence-electron chi connectivity index (χ3n) is 3.21. The summed E-state index contributed by atoms with van der Waals surface area (Å²) in [5, 5.41) is 3.46. The Morgan fingerprint density at radius 1 is 1.56 bits per heavy atom. The Morgan fingerprint density at radius 3 is 3.00 bits per heavy atom. The molecule has 5 heteroatoms. The lowest BCUT2D eigenvalue weighted by molar-refractivity contribution is 0.0537. The van der Waals surface area contributed by atoms with E-state index < -0.39 is 0 Å². The highest BCUT2D eigenvalue weighted by Crippen LogP contribution is 2.19. The summed E-state index contributed by atoms with van der Waals surface area (Å²) >= 11 is 5.01. The van der Waals surface area contributed by atoms with Gasteiger partial charge in [-0.2, -0.15) is 0 Å². The van der Waals surface area contributed by atoms with Crippen LogP contribution in [-0.2, 0) is 4.74 Å². The van der Waals surface area contributed by atoms with Crippen molar-refractivity contribution < 1.29 is 4.74 Å². The second-order valence-electron chi connectivity index (χ2n) is 4.84. The van der Waals surface area contributed by atoms with E-state index in [0.29, 0.717) is 16.9 Å². The van der Waals surface area contributed by atoms with Gasteiger partial charge in [-0.3, -0.25) is 0 Å². The lowest BCUT2D eigenvalue weighted by Gasteiger charge is -2.30. The zero-order chi connectivity index (χ0) is 13.1. The second-order valence-corrected chi connectivity index (χ2v) is 5.28. The molecule has 2 rings (SSSR count). The first-order chi connectivity index (χ1) is 8.56. The zero-order valence-electron chi connectivity index (χ0n) is 10.8. The van der Waals surface area contributed by atoms with E-state index >= 15 is 0 Å². The summed E-state index contributed by atoms with van der Waals surface area (Å²) in [5.74, 6) is 1.32. The van der Waals surface area contributed by atoms with Gasteiger partial charge in [0, 0.05) is 23.9 Å². The molecule has 1 fully saturated rings. The number of aromatic nitrogens is 1. The molecular formula is C13H19N3OS. The maximum absolute atomic E-state index is 5.67. The van der Waals surface area contributed by atoms with Gasteiger partial charge < -0.3 is 15.8 Å². The number of nitrogens with two attached hydrogens (primary N) is 1. The number of nitrogens with zero attached hydrogens (tertiary/aromatic N) is 1. The van der Waals surface area contributed by atoms with Gasteiger partial charge in [-0.1, -0.05) is 19.1 Å². The largest absolute Gasteiger partial charge is 0.389 e. The topological polar surface area (TPSA) is 60.2 Å². The quantitative estimate of drug-likeness (QED) is 0.817. The van der Waals surface area contributed by atoms with Crippen LogP contribution in [0.1, 0.15) is 24.6 Å². The number of aryl methyl sites for hydroxylation is 1. The SMILES string of the molecule is Cc1cc(C(N)=S)cc(NC2CCOCC2C)n1. The third-order valence-corrected chi connectivity index (χ3v) is 3.45. The molecule has 1 aliphatic rings. The van der Waals surface area contributed by atoms with Gasteiger partial charge in [0.1, 0.15) is 10.8 Å². The predicted octanol–water partition coefficient (Wildman–Crippen LogP) is 1.86. The summed E-state index contributed by atoms with van der Waals surface area (Å²) in [4.78, 5) is 4.88. The van der Waals surface area contributed by atoms with Gasteiger partial charge in [0.05, 0.1) is 6.61 Å². The Morgan fingerprint density at radius 2 is 2.33 bits per heavy atom. The molecule has 1 saturated heterocycles. The van der Waals surface area contributed by atoms with Crippen molar-refractivity contribution in [1.82, 2.24) is 4.98 Å². The van der Waals surface area contributed by atoms with Crippen molar-refractivity contribution in [1.29, 1.82) is 0 Å². The minimum Gasteiger partial charge on any atom is -0.389 e. The normalized spacial score (nSPS) is 23.7. The van der Waals surface area contributed by atoms with E-state index in [1.54, 1.807) is 0 Å². The number of anilines is 1. The fourth-order valence-corrected chi connectivity index (χ4v) is 2.29. The van der Waals surface area contributed by atoms with Crippen molar-refractivity contribution in [2.24, 2.45) is 11.7 Å². The maximum Gasteiger partial charge on any atom is 0.127 e. The highest BCUT2D eigenvalue weighted by molar-refractivity contribution is 7.80. The number of nitrogens with one attached hydrogen (secondary N) is 1. The lowest BCUT2D eigenvalue weighted by Crippen LogP contribution is -2.36. The zero-order valence-corrected chi connectivity index (χ0v) is 11.6. The molecule has 0 amide bonds. The number of hydrogen-bond donors (Lipinski definition) is 2. The molecule has 1 aliphatic heterocycles. The van der Waals surface area contributed by atoms with E-state index in [1.165, 1.54) is 0 Å². The van der Waals surface area contributed by atoms with Crippen molar-refractivity contribution in [3.63, 3.8) is 0 Å². The van der Waals surface area contributed by atoms with Crippen LogP contribution < -0.4 is 11.1 Å². The molecule has 2 unspecified atom stereocenters. The standard InChI is InChI=1S/C13H19N3OS/c1-8-7-17-4-3-11(8)16-12-6-10(13(14)18)5-9(2)15-12/h5-6,8,11H,3-4,7H2,1-2H3,(H2,14,18)(H,15,16). The highest BCUT2D eigenvalue weighted by Gasteiger charge is 2.22. The van der Waals surface area contributed by atoms with Crippen molar-refractivity contribution in [3.8, 4) is 0 Å². The highest BCUT2D eigenvalue weighted by atomic mass is 32.1. The molecule has 2 heterocycles. The second kappa shape index (κ2) is 5.63. The third kappa shape index (κ3) is 3.17. The summed E-state index contributed by atoms with van der Waals surface area (Å²) in [5.41, 5.74) is 7.45. The van der Waals surface area contributed by atoms with Gasteiger partial charge in [0.25, 0.3) is 0 Å². The van der Waals surface area contributed by atoms with Gasteiger partial charge in [-0.15, -0.1) is 0 Å². The Bertz CT molecular complexity index is 450. The summed E-state index contributed by atoms with van der Waals surface area (Å²) in [6.45, 7) is 5.73. The van der Waals surface area contributed by atoms with Crippen LogP contribution in [0.3, 0.4) is 0 Å². The molecule has 2 atom stereocenters. The van der Waals surface area contributed by atoms with Crippen molar-refractivity contribution in [2.75, 3.05) is 18.5 Å². The molecule has 18 heavy (non-hydrogen) atoms. The monoisotopic (exact) mass is 265 g/mol. The van der Waals surface area contributed by atoms with Crippen molar-refractivity contribution in [3.05, 3.63) is 23.4 Å². The first-order valence-corrected chi connectivity index (χ1v) is 6.60. The molecule has 0 radical (unpaired) electrons. The Labute approximate surface area is 113 Å². The van der Waals surface area contributed by atoms with Crippen LogP contribution in [0.5, 0.6) is 0 Å². The van der Waals surface area contributed by atoms with E-state index in [2.05, 4.69) is 17.2 Å². The molecule has 98 valence electrons. The number of hydrogen-bond acceptors (Lipinski definition) is 4. The van der Waals surface area contributed by atoms with Crippen LogP contribution in [0.2, 0.25) is 0 Å². The van der Waals surface area contributed by atoms with Gasteiger partial charge in [-0.05, 0) is 31.4 Å². The average Bonchev–Trinajstić information content (AvgIpc) is 2.31. The molecule has 0 bridgehead atoms. The fraction of sp³-hybridized carbons (Fsp3) is 0.538. The van der Waals surface area contributed by atoms with E-state index in [0.717, 1.165) is 36.7 Å². The molecular weight excluding hydrogens is 246 g/mol. The maximum atomic E-state index is 5.67. The van der Waals surface area contributed by atoms with Gasteiger partial charge in [0.15, 0.2) is 0 Å². The Hall–Kier alpha value is -1.20. The van der Waals surface area contributed by atoms with Crippen LogP contribution in [-0.4, -0.2) is 29.2 Å².